The molecule has 0 aromatic heterocycles. The first-order valence-corrected chi connectivity index (χ1v) is 8.60. The molecule has 2 aliphatic rings. The van der Waals surface area contributed by atoms with Crippen molar-refractivity contribution in [1.82, 2.24) is 5.32 Å². The molecule has 0 aliphatic heterocycles. The van der Waals surface area contributed by atoms with Gasteiger partial charge in [-0.25, -0.2) is 0 Å². The number of carbonyl (C=O) groups is 1. The highest BCUT2D eigenvalue weighted by Gasteiger charge is 2.65. The zero-order valence-electron chi connectivity index (χ0n) is 14.7. The van der Waals surface area contributed by atoms with Crippen LogP contribution in [0.5, 0.6) is 0 Å². The van der Waals surface area contributed by atoms with E-state index in [1.165, 1.54) is 18.2 Å². The summed E-state index contributed by atoms with van der Waals surface area (Å²) in [6.07, 6.45) is -2.56. The Bertz CT molecular complexity index is 673. The molecule has 138 valence electrons. The van der Waals surface area contributed by atoms with Gasteiger partial charge in [-0.15, -0.1) is 0 Å². The normalized spacial score (nSPS) is 33.1. The SMILES string of the molecule is CC1(C)[C@@H]2CC[C@@]1(C)[C@H](NC(=O)[C@@](O)(c1ccccc1)C(F)(F)F)C2. The highest BCUT2D eigenvalue weighted by Crippen LogP contribution is 2.65. The van der Waals surface area contributed by atoms with Crippen LogP contribution in [-0.4, -0.2) is 23.2 Å². The summed E-state index contributed by atoms with van der Waals surface area (Å²) in [6, 6.07) is 6.17. The van der Waals surface area contributed by atoms with Gasteiger partial charge in [0.25, 0.3) is 11.5 Å². The van der Waals surface area contributed by atoms with Gasteiger partial charge >= 0.3 is 6.18 Å². The summed E-state index contributed by atoms with van der Waals surface area (Å²) < 4.78 is 40.9. The number of fused-ring (bicyclic) bond motifs is 2. The average Bonchev–Trinajstić information content (AvgIpc) is 2.87. The van der Waals surface area contributed by atoms with E-state index >= 15 is 0 Å². The minimum Gasteiger partial charge on any atom is -0.369 e. The monoisotopic (exact) mass is 355 g/mol. The maximum atomic E-state index is 13.6. The molecule has 2 saturated carbocycles. The van der Waals surface area contributed by atoms with E-state index in [0.29, 0.717) is 12.3 Å². The molecular weight excluding hydrogens is 331 g/mol. The predicted octanol–water partition coefficient (Wildman–Crippen LogP) is 3.77. The Hall–Kier alpha value is -1.56. The van der Waals surface area contributed by atoms with Gasteiger partial charge in [-0.05, 0) is 36.0 Å². The van der Waals surface area contributed by atoms with Crippen molar-refractivity contribution in [1.29, 1.82) is 0 Å². The number of aliphatic hydroxyl groups is 1. The van der Waals surface area contributed by atoms with Gasteiger partial charge in [-0.2, -0.15) is 13.2 Å². The Morgan fingerprint density at radius 2 is 1.80 bits per heavy atom. The van der Waals surface area contributed by atoms with E-state index in [9.17, 15) is 23.1 Å². The Balaban J connectivity index is 1.91. The molecular formula is C19H24F3NO2. The molecule has 3 rings (SSSR count). The molecule has 2 bridgehead atoms. The van der Waals surface area contributed by atoms with Gasteiger partial charge in [0.1, 0.15) is 0 Å². The van der Waals surface area contributed by atoms with Gasteiger partial charge in [0, 0.05) is 11.6 Å². The van der Waals surface area contributed by atoms with E-state index < -0.39 is 23.2 Å². The highest BCUT2D eigenvalue weighted by atomic mass is 19.4. The molecule has 4 atom stereocenters. The van der Waals surface area contributed by atoms with Crippen LogP contribution in [0.1, 0.15) is 45.6 Å². The summed E-state index contributed by atoms with van der Waals surface area (Å²) >= 11 is 0. The van der Waals surface area contributed by atoms with Crippen LogP contribution < -0.4 is 5.32 Å². The fourth-order valence-corrected chi connectivity index (χ4v) is 4.79. The van der Waals surface area contributed by atoms with Crippen LogP contribution in [0.25, 0.3) is 0 Å². The second kappa shape index (κ2) is 5.47. The van der Waals surface area contributed by atoms with E-state index in [2.05, 4.69) is 19.2 Å². The lowest BCUT2D eigenvalue weighted by atomic mass is 9.69. The summed E-state index contributed by atoms with van der Waals surface area (Å²) in [5, 5.41) is 12.9. The topological polar surface area (TPSA) is 49.3 Å². The van der Waals surface area contributed by atoms with Crippen molar-refractivity contribution >= 4 is 5.91 Å². The minimum absolute atomic E-state index is 0.0476. The molecule has 2 aliphatic carbocycles. The third-order valence-electron chi connectivity index (χ3n) is 7.03. The zero-order chi connectivity index (χ0) is 18.7. The summed E-state index contributed by atoms with van der Waals surface area (Å²) in [5.41, 5.74) is -4.33. The van der Waals surface area contributed by atoms with Crippen LogP contribution in [0.4, 0.5) is 13.2 Å². The van der Waals surface area contributed by atoms with Crippen molar-refractivity contribution in [2.45, 2.75) is 57.9 Å². The van der Waals surface area contributed by atoms with E-state index in [4.69, 9.17) is 0 Å². The number of hydrogen-bond acceptors (Lipinski definition) is 2. The fraction of sp³-hybridized carbons (Fsp3) is 0.632. The fourth-order valence-electron chi connectivity index (χ4n) is 4.79. The molecule has 25 heavy (non-hydrogen) atoms. The number of halogens is 3. The van der Waals surface area contributed by atoms with Gasteiger partial charge in [-0.1, -0.05) is 51.1 Å². The van der Waals surface area contributed by atoms with Crippen molar-refractivity contribution in [2.24, 2.45) is 16.7 Å². The largest absolute Gasteiger partial charge is 0.430 e. The van der Waals surface area contributed by atoms with Gasteiger partial charge in [-0.3, -0.25) is 4.79 Å². The number of alkyl halides is 3. The lowest BCUT2D eigenvalue weighted by Crippen LogP contribution is -2.58. The molecule has 3 nitrogen and oxygen atoms in total. The second-order valence-corrected chi connectivity index (χ2v) is 8.21. The summed E-state index contributed by atoms with van der Waals surface area (Å²) in [6.45, 7) is 6.26. The summed E-state index contributed by atoms with van der Waals surface area (Å²) in [4.78, 5) is 12.6. The molecule has 0 unspecified atom stereocenters. The van der Waals surface area contributed by atoms with Crippen molar-refractivity contribution in [2.75, 3.05) is 0 Å². The van der Waals surface area contributed by atoms with Gasteiger partial charge < -0.3 is 10.4 Å². The Morgan fingerprint density at radius 1 is 1.20 bits per heavy atom. The smallest absolute Gasteiger partial charge is 0.369 e. The summed E-state index contributed by atoms with van der Waals surface area (Å²) in [7, 11) is 0. The molecule has 1 amide bonds. The molecule has 0 heterocycles. The van der Waals surface area contributed by atoms with E-state index in [1.807, 2.05) is 6.92 Å². The van der Waals surface area contributed by atoms with Crippen LogP contribution in [0.3, 0.4) is 0 Å². The molecule has 0 saturated heterocycles. The van der Waals surface area contributed by atoms with Crippen LogP contribution >= 0.6 is 0 Å². The predicted molar refractivity (Wildman–Crippen MR) is 87.6 cm³/mol. The quantitative estimate of drug-likeness (QED) is 0.867. The van der Waals surface area contributed by atoms with E-state index in [0.717, 1.165) is 25.0 Å². The highest BCUT2D eigenvalue weighted by molar-refractivity contribution is 5.87. The third-order valence-corrected chi connectivity index (χ3v) is 7.03. The number of nitrogens with one attached hydrogen (secondary N) is 1. The molecule has 1 aromatic carbocycles. The Kier molecular flexibility index (Phi) is 3.99. The third kappa shape index (κ3) is 2.40. The molecule has 2 N–H and O–H groups in total. The van der Waals surface area contributed by atoms with Crippen LogP contribution in [-0.2, 0) is 10.4 Å². The summed E-state index contributed by atoms with van der Waals surface area (Å²) in [5.74, 6) is -1.01. The number of rotatable bonds is 3. The standard InChI is InChI=1S/C19H24F3NO2/c1-16(2)13-9-10-17(16,3)14(11-13)23-15(24)18(25,19(20,21)22)12-7-5-4-6-8-12/h4-8,13-14,25H,9-11H2,1-3H3,(H,23,24)/t13-,14-,17+,18+/m1/s1. The minimum atomic E-state index is -5.10. The van der Waals surface area contributed by atoms with E-state index in [-0.39, 0.29) is 16.9 Å². The van der Waals surface area contributed by atoms with E-state index in [1.54, 1.807) is 0 Å². The first kappa shape index (κ1) is 18.2. The van der Waals surface area contributed by atoms with Crippen LogP contribution in [0.15, 0.2) is 30.3 Å². The van der Waals surface area contributed by atoms with Crippen LogP contribution in [0.2, 0.25) is 0 Å². The van der Waals surface area contributed by atoms with Gasteiger partial charge in [0.05, 0.1) is 0 Å². The lowest BCUT2D eigenvalue weighted by molar-refractivity contribution is -0.257. The maximum Gasteiger partial charge on any atom is 0.430 e. The molecule has 2 fully saturated rings. The molecule has 0 spiro atoms. The van der Waals surface area contributed by atoms with Crippen LogP contribution in [0, 0.1) is 16.7 Å². The number of amides is 1. The lowest BCUT2D eigenvalue weighted by Gasteiger charge is -2.41. The number of benzene rings is 1. The number of carbonyl (C=O) groups excluding carboxylic acids is 1. The van der Waals surface area contributed by atoms with Gasteiger partial charge in [0.2, 0.25) is 0 Å². The van der Waals surface area contributed by atoms with Crippen molar-refractivity contribution in [3.8, 4) is 0 Å². The zero-order valence-corrected chi connectivity index (χ0v) is 14.7. The Labute approximate surface area is 145 Å². The maximum absolute atomic E-state index is 13.6. The van der Waals surface area contributed by atoms with Crippen molar-refractivity contribution < 1.29 is 23.1 Å². The first-order valence-electron chi connectivity index (χ1n) is 8.60. The molecule has 6 heteroatoms. The number of hydrogen-bond donors (Lipinski definition) is 2. The first-order chi connectivity index (χ1) is 11.4. The van der Waals surface area contributed by atoms with Gasteiger partial charge in [0.15, 0.2) is 0 Å². The Morgan fingerprint density at radius 3 is 2.24 bits per heavy atom. The molecule has 0 radical (unpaired) electrons. The van der Waals surface area contributed by atoms with Crippen molar-refractivity contribution in [3.05, 3.63) is 35.9 Å². The van der Waals surface area contributed by atoms with Crippen molar-refractivity contribution in [3.63, 3.8) is 0 Å². The average molecular weight is 355 g/mol. The molecule has 1 aromatic rings. The second-order valence-electron chi connectivity index (χ2n) is 8.21.